The van der Waals surface area contributed by atoms with Gasteiger partial charge in [0.2, 0.25) is 0 Å². The third kappa shape index (κ3) is 8.95. The van der Waals surface area contributed by atoms with Crippen molar-refractivity contribution < 1.29 is 28.9 Å². The summed E-state index contributed by atoms with van der Waals surface area (Å²) < 4.78 is 12.2. The van der Waals surface area contributed by atoms with Crippen LogP contribution in [0, 0.1) is 18.2 Å². The Hall–Kier alpha value is -6.20. The minimum Gasteiger partial charge on any atom is -0.501 e. The Morgan fingerprint density at radius 3 is 1.36 bits per heavy atom. The van der Waals surface area contributed by atoms with Gasteiger partial charge in [-0.3, -0.25) is 0 Å². The maximum Gasteiger partial charge on any atom is 3.00 e. The number of rotatable bonds is 3. The molecule has 0 bridgehead atoms. The Morgan fingerprint density at radius 1 is 0.424 bits per heavy atom. The van der Waals surface area contributed by atoms with Gasteiger partial charge in [-0.05, 0) is 69.4 Å². The summed E-state index contributed by atoms with van der Waals surface area (Å²) >= 11 is 0. The summed E-state index contributed by atoms with van der Waals surface area (Å²) in [4.78, 5) is 13.3. The minimum atomic E-state index is 0. The minimum absolute atomic E-state index is 0. The van der Waals surface area contributed by atoms with Gasteiger partial charge >= 0.3 is 20.1 Å². The molecular weight excluding hydrogens is 903 g/mol. The molecule has 0 N–H and O–H groups in total. The summed E-state index contributed by atoms with van der Waals surface area (Å²) in [6.07, 6.45) is 5.52. The van der Waals surface area contributed by atoms with Crippen molar-refractivity contribution in [3.8, 4) is 33.8 Å². The van der Waals surface area contributed by atoms with Crippen LogP contribution in [0.5, 0.6) is 0 Å². The van der Waals surface area contributed by atoms with Crippen molar-refractivity contribution >= 4 is 43.9 Å². The molecule has 5 aromatic carbocycles. The molecular formula is C53H44IrN3O2. The van der Waals surface area contributed by atoms with E-state index in [0.29, 0.717) is 0 Å². The van der Waals surface area contributed by atoms with Crippen molar-refractivity contribution in [2.75, 3.05) is 0 Å². The summed E-state index contributed by atoms with van der Waals surface area (Å²) in [6, 6.07) is 56.1. The van der Waals surface area contributed by atoms with Gasteiger partial charge in [-0.2, -0.15) is 0 Å². The molecule has 0 saturated heterocycles. The normalized spacial score (nSPS) is 11.4. The first kappa shape index (κ1) is 41.0. The number of aromatic nitrogens is 3. The molecule has 59 heavy (non-hydrogen) atoms. The van der Waals surface area contributed by atoms with Gasteiger partial charge in [-0.25, -0.2) is 0 Å². The first-order valence-electron chi connectivity index (χ1n) is 19.5. The molecule has 0 radical (unpaired) electrons. The van der Waals surface area contributed by atoms with Crippen molar-refractivity contribution in [3.63, 3.8) is 0 Å². The molecule has 0 fully saturated rings. The van der Waals surface area contributed by atoms with Crippen LogP contribution in [0.25, 0.3) is 77.6 Å². The fourth-order valence-electron chi connectivity index (χ4n) is 6.90. The molecule has 0 aliphatic rings. The molecule has 0 aliphatic heterocycles. The van der Waals surface area contributed by atoms with Gasteiger partial charge in [0.1, 0.15) is 11.2 Å². The zero-order valence-corrected chi connectivity index (χ0v) is 36.4. The first-order valence-corrected chi connectivity index (χ1v) is 19.5. The van der Waals surface area contributed by atoms with Gasteiger partial charge in [0, 0.05) is 29.4 Å². The zero-order valence-electron chi connectivity index (χ0n) is 34.0. The largest absolute Gasteiger partial charge is 3.00 e. The summed E-state index contributed by atoms with van der Waals surface area (Å²) in [5.74, 6) is 0. The van der Waals surface area contributed by atoms with Crippen LogP contribution in [0.4, 0.5) is 0 Å². The van der Waals surface area contributed by atoms with Crippen molar-refractivity contribution in [3.05, 3.63) is 187 Å². The van der Waals surface area contributed by atoms with E-state index in [0.717, 1.165) is 77.6 Å². The van der Waals surface area contributed by atoms with Crippen LogP contribution in [0.3, 0.4) is 0 Å². The van der Waals surface area contributed by atoms with Crippen LogP contribution in [0.2, 0.25) is 0 Å². The van der Waals surface area contributed by atoms with Crippen molar-refractivity contribution in [2.45, 2.75) is 52.4 Å². The Balaban J connectivity index is 0.000000140. The first-order chi connectivity index (χ1) is 28.0. The number of pyridine rings is 3. The van der Waals surface area contributed by atoms with E-state index in [1.807, 2.05) is 103 Å². The quantitative estimate of drug-likeness (QED) is 0.165. The zero-order chi connectivity index (χ0) is 40.3. The predicted octanol–water partition coefficient (Wildman–Crippen LogP) is 14.0. The maximum atomic E-state index is 6.09. The van der Waals surface area contributed by atoms with Gasteiger partial charge in [-0.15, -0.1) is 72.3 Å². The molecule has 292 valence electrons. The molecule has 0 amide bonds. The molecule has 5 heterocycles. The van der Waals surface area contributed by atoms with Gasteiger partial charge in [0.25, 0.3) is 0 Å². The number of nitrogens with zero attached hydrogens (tertiary/aromatic N) is 3. The topological polar surface area (TPSA) is 65.0 Å². The van der Waals surface area contributed by atoms with Crippen LogP contribution in [-0.2, 0) is 30.9 Å². The molecule has 0 unspecified atom stereocenters. The average molecular weight is 947 g/mol. The summed E-state index contributed by atoms with van der Waals surface area (Å²) in [5, 5.41) is 4.48. The predicted molar refractivity (Wildman–Crippen MR) is 237 cm³/mol. The van der Waals surface area contributed by atoms with Crippen molar-refractivity contribution in [1.82, 2.24) is 15.0 Å². The molecule has 0 saturated carbocycles. The standard InChI is InChI=1S/2C21H18NO.C11H8N.Ir/c2*1-21(2,3)14-11-12-22-18(13-14)17-9-6-8-16-15-7-4-5-10-19(15)23-20(16)17;1-2-6-10(7-3-1)11-8-4-5-9-12-11;/h2*4-8,10-13H,1-3H3;1-6,8-9H;/q3*-1;+3. The van der Waals surface area contributed by atoms with Gasteiger partial charge in [0.15, 0.2) is 0 Å². The Morgan fingerprint density at radius 2 is 0.898 bits per heavy atom. The van der Waals surface area contributed by atoms with E-state index in [1.165, 1.54) is 11.1 Å². The molecule has 0 atom stereocenters. The molecule has 0 aliphatic carbocycles. The van der Waals surface area contributed by atoms with Crippen LogP contribution in [0.1, 0.15) is 52.7 Å². The summed E-state index contributed by atoms with van der Waals surface area (Å²) in [5.41, 5.74) is 11.8. The average Bonchev–Trinajstić information content (AvgIpc) is 3.83. The number of furan rings is 2. The molecule has 5 nitrogen and oxygen atoms in total. The summed E-state index contributed by atoms with van der Waals surface area (Å²) in [6.45, 7) is 13.2. The van der Waals surface area contributed by atoms with E-state index in [-0.39, 0.29) is 30.9 Å². The Labute approximate surface area is 359 Å². The second kappa shape index (κ2) is 17.3. The molecule has 10 rings (SSSR count). The van der Waals surface area contributed by atoms with E-state index in [2.05, 4.69) is 123 Å². The Kier molecular flexibility index (Phi) is 12.0. The number of hydrogen-bond acceptors (Lipinski definition) is 5. The van der Waals surface area contributed by atoms with Crippen molar-refractivity contribution in [2.24, 2.45) is 0 Å². The van der Waals surface area contributed by atoms with Crippen LogP contribution < -0.4 is 0 Å². The molecule has 10 aromatic rings. The molecule has 0 spiro atoms. The smallest absolute Gasteiger partial charge is 0.501 e. The number of benzene rings is 5. The number of fused-ring (bicyclic) bond motifs is 6. The van der Waals surface area contributed by atoms with Crippen LogP contribution in [-0.4, -0.2) is 15.0 Å². The van der Waals surface area contributed by atoms with E-state index >= 15 is 0 Å². The van der Waals surface area contributed by atoms with E-state index < -0.39 is 0 Å². The Bertz CT molecular complexity index is 2770. The second-order valence-electron chi connectivity index (χ2n) is 16.2. The van der Waals surface area contributed by atoms with Gasteiger partial charge < -0.3 is 23.8 Å². The maximum absolute atomic E-state index is 6.09. The van der Waals surface area contributed by atoms with Gasteiger partial charge in [0.05, 0.1) is 11.2 Å². The fraction of sp³-hybridized carbons (Fsp3) is 0.151. The van der Waals surface area contributed by atoms with Crippen molar-refractivity contribution in [1.29, 1.82) is 0 Å². The molecule has 5 aromatic heterocycles. The number of hydrogen-bond donors (Lipinski definition) is 0. The monoisotopic (exact) mass is 947 g/mol. The SMILES string of the molecule is CC(C)(C)c1ccnc(-c2[c-]ccc3c2oc2ccccc23)c1.CC(C)(C)c1ccnc(-c2[c-]ccc3c2oc2ccccc23)c1.[Ir+3].[c-]1ccccc1-c1ccccn1. The number of para-hydroxylation sites is 2. The van der Waals surface area contributed by atoms with E-state index in [4.69, 9.17) is 8.83 Å². The van der Waals surface area contributed by atoms with E-state index in [1.54, 1.807) is 6.20 Å². The second-order valence-corrected chi connectivity index (χ2v) is 16.2. The van der Waals surface area contributed by atoms with E-state index in [9.17, 15) is 0 Å². The van der Waals surface area contributed by atoms with Crippen LogP contribution in [0.15, 0.2) is 167 Å². The fourth-order valence-corrected chi connectivity index (χ4v) is 6.90. The van der Waals surface area contributed by atoms with Gasteiger partial charge in [-0.1, -0.05) is 124 Å². The summed E-state index contributed by atoms with van der Waals surface area (Å²) in [7, 11) is 0. The third-order valence-electron chi connectivity index (χ3n) is 10.1. The van der Waals surface area contributed by atoms with Crippen LogP contribution >= 0.6 is 0 Å². The third-order valence-corrected chi connectivity index (χ3v) is 10.1. The molecule has 6 heteroatoms.